The van der Waals surface area contributed by atoms with Crippen LogP contribution in [0.5, 0.6) is 11.5 Å². The van der Waals surface area contributed by atoms with Crippen LogP contribution < -0.4 is 4.74 Å². The molecule has 8 aromatic rings. The minimum Gasteiger partial charge on any atom is -0.456 e. The average molecular weight is 667 g/mol. The van der Waals surface area contributed by atoms with Crippen molar-refractivity contribution in [3.8, 4) is 89.6 Å². The molecular formula is C49H34N2O. The molecule has 0 atom stereocenters. The van der Waals surface area contributed by atoms with E-state index in [1.807, 2.05) is 36.7 Å². The number of aromatic nitrogens is 2. The fourth-order valence-corrected chi connectivity index (χ4v) is 8.34. The van der Waals surface area contributed by atoms with Crippen LogP contribution in [0.25, 0.3) is 78.1 Å². The summed E-state index contributed by atoms with van der Waals surface area (Å²) in [6, 6.07) is 56.1. The largest absolute Gasteiger partial charge is 0.456 e. The summed E-state index contributed by atoms with van der Waals surface area (Å²) in [6.07, 6.45) is 3.69. The molecule has 52 heavy (non-hydrogen) atoms. The zero-order chi connectivity index (χ0) is 34.8. The lowest BCUT2D eigenvalue weighted by molar-refractivity contribution is 0.469. The molecule has 1 aliphatic heterocycles. The number of nitrogens with zero attached hydrogens (tertiary/aromatic N) is 2. The van der Waals surface area contributed by atoms with Crippen molar-refractivity contribution in [1.29, 1.82) is 0 Å². The quantitative estimate of drug-likeness (QED) is 0.187. The molecule has 0 saturated heterocycles. The summed E-state index contributed by atoms with van der Waals surface area (Å²) in [4.78, 5) is 9.41. The Morgan fingerprint density at radius 2 is 0.942 bits per heavy atom. The molecule has 246 valence electrons. The van der Waals surface area contributed by atoms with Crippen molar-refractivity contribution in [3.63, 3.8) is 0 Å². The third kappa shape index (κ3) is 4.74. The van der Waals surface area contributed by atoms with E-state index in [9.17, 15) is 0 Å². The number of benzene rings is 6. The molecule has 6 aromatic carbocycles. The van der Waals surface area contributed by atoms with Crippen LogP contribution in [0, 0.1) is 0 Å². The zero-order valence-electron chi connectivity index (χ0n) is 29.0. The second-order valence-corrected chi connectivity index (χ2v) is 14.2. The van der Waals surface area contributed by atoms with Gasteiger partial charge in [-0.15, -0.1) is 0 Å². The summed E-state index contributed by atoms with van der Waals surface area (Å²) in [6.45, 7) is 4.64. The van der Waals surface area contributed by atoms with Gasteiger partial charge in [0.05, 0.1) is 11.4 Å². The first-order valence-corrected chi connectivity index (χ1v) is 17.8. The molecule has 2 aliphatic rings. The van der Waals surface area contributed by atoms with Gasteiger partial charge in [-0.1, -0.05) is 111 Å². The highest BCUT2D eigenvalue weighted by Crippen LogP contribution is 2.58. The van der Waals surface area contributed by atoms with Gasteiger partial charge in [-0.25, -0.2) is 0 Å². The normalized spacial score (nSPS) is 13.1. The van der Waals surface area contributed by atoms with Crippen molar-refractivity contribution in [3.05, 3.63) is 181 Å². The first kappa shape index (κ1) is 30.3. The summed E-state index contributed by atoms with van der Waals surface area (Å²) in [7, 11) is 0. The van der Waals surface area contributed by atoms with Crippen LogP contribution in [0.1, 0.15) is 25.0 Å². The molecule has 0 radical (unpaired) electrons. The van der Waals surface area contributed by atoms with Gasteiger partial charge in [0.15, 0.2) is 0 Å². The standard InChI is InChI=1S/C49H34N2O/c1-49(2)43-18-8-7-17-39(43)40-22-23-41-37-15-5-6-16-38(37)42-30-31(21-24-46(42)52-48(41)47(40)49)35-13-3-4-14-36(35)32-27-33(44-19-9-11-25-50-44)29-34(28-32)45-20-10-12-26-51-45/h3-30H,1-2H3. The zero-order valence-corrected chi connectivity index (χ0v) is 29.0. The molecule has 0 fully saturated rings. The Balaban J connectivity index is 1.14. The second-order valence-electron chi connectivity index (χ2n) is 14.2. The number of hydrogen-bond donors (Lipinski definition) is 0. The van der Waals surface area contributed by atoms with Gasteiger partial charge < -0.3 is 4.74 Å². The van der Waals surface area contributed by atoms with Crippen LogP contribution in [-0.4, -0.2) is 9.97 Å². The third-order valence-electron chi connectivity index (χ3n) is 10.8. The number of pyridine rings is 2. The summed E-state index contributed by atoms with van der Waals surface area (Å²) >= 11 is 0. The van der Waals surface area contributed by atoms with E-state index in [0.717, 1.165) is 67.4 Å². The Labute approximate surface area is 303 Å². The van der Waals surface area contributed by atoms with Crippen molar-refractivity contribution in [1.82, 2.24) is 9.97 Å². The predicted molar refractivity (Wildman–Crippen MR) is 212 cm³/mol. The van der Waals surface area contributed by atoms with Crippen molar-refractivity contribution in [2.45, 2.75) is 19.3 Å². The van der Waals surface area contributed by atoms with Crippen molar-refractivity contribution in [2.75, 3.05) is 0 Å². The van der Waals surface area contributed by atoms with Gasteiger partial charge in [-0.3, -0.25) is 9.97 Å². The minimum atomic E-state index is -0.201. The molecular weight excluding hydrogens is 633 g/mol. The Morgan fingerprint density at radius 1 is 0.404 bits per heavy atom. The lowest BCUT2D eigenvalue weighted by Crippen LogP contribution is -2.16. The van der Waals surface area contributed by atoms with Crippen LogP contribution in [0.2, 0.25) is 0 Å². The molecule has 1 aliphatic carbocycles. The lowest BCUT2D eigenvalue weighted by atomic mass is 9.80. The van der Waals surface area contributed by atoms with E-state index in [0.29, 0.717) is 0 Å². The smallest absolute Gasteiger partial charge is 0.139 e. The Bertz CT molecular complexity index is 2620. The van der Waals surface area contributed by atoms with Gasteiger partial charge in [-0.2, -0.15) is 0 Å². The topological polar surface area (TPSA) is 35.0 Å². The van der Waals surface area contributed by atoms with Gasteiger partial charge in [0.2, 0.25) is 0 Å². The number of ether oxygens (including phenoxy) is 1. The molecule has 0 unspecified atom stereocenters. The van der Waals surface area contributed by atoms with Gasteiger partial charge in [-0.05, 0) is 111 Å². The van der Waals surface area contributed by atoms with Gasteiger partial charge in [0.25, 0.3) is 0 Å². The van der Waals surface area contributed by atoms with Crippen LogP contribution in [0.4, 0.5) is 0 Å². The molecule has 0 saturated carbocycles. The number of rotatable bonds is 4. The fraction of sp³-hybridized carbons (Fsp3) is 0.0612. The van der Waals surface area contributed by atoms with Crippen molar-refractivity contribution in [2.24, 2.45) is 0 Å². The summed E-state index contributed by atoms with van der Waals surface area (Å²) in [5.74, 6) is 1.81. The highest BCUT2D eigenvalue weighted by molar-refractivity contribution is 5.97. The molecule has 3 nitrogen and oxygen atoms in total. The first-order chi connectivity index (χ1) is 25.5. The van der Waals surface area contributed by atoms with Gasteiger partial charge >= 0.3 is 0 Å². The number of fused-ring (bicyclic) bond motifs is 9. The first-order valence-electron chi connectivity index (χ1n) is 17.8. The Kier molecular flexibility index (Phi) is 6.84. The molecule has 3 heterocycles. The van der Waals surface area contributed by atoms with Crippen LogP contribution in [0.15, 0.2) is 170 Å². The predicted octanol–water partition coefficient (Wildman–Crippen LogP) is 12.9. The van der Waals surface area contributed by atoms with Gasteiger partial charge in [0, 0.05) is 45.6 Å². The Hall–Kier alpha value is -6.58. The SMILES string of the molecule is CC1(C)c2ccccc2-c2ccc3c(c21)Oc1ccc(-c2ccccc2-c2cc(-c4ccccn4)cc(-c4ccccn4)c2)cc1-c1ccccc1-3. The van der Waals surface area contributed by atoms with Crippen LogP contribution in [0.3, 0.4) is 0 Å². The van der Waals surface area contributed by atoms with E-state index in [2.05, 4.69) is 147 Å². The second kappa shape index (κ2) is 11.8. The van der Waals surface area contributed by atoms with E-state index >= 15 is 0 Å². The number of hydrogen-bond acceptors (Lipinski definition) is 3. The van der Waals surface area contributed by atoms with Gasteiger partial charge in [0.1, 0.15) is 11.5 Å². The molecule has 0 N–H and O–H groups in total. The Morgan fingerprint density at radius 3 is 1.60 bits per heavy atom. The maximum Gasteiger partial charge on any atom is 0.139 e. The summed E-state index contributed by atoms with van der Waals surface area (Å²) in [5.41, 5.74) is 17.9. The van der Waals surface area contributed by atoms with E-state index in [1.165, 1.54) is 33.4 Å². The molecule has 2 aromatic heterocycles. The fourth-order valence-electron chi connectivity index (χ4n) is 8.34. The molecule has 0 bridgehead atoms. The molecule has 0 spiro atoms. The van der Waals surface area contributed by atoms with Crippen LogP contribution >= 0.6 is 0 Å². The van der Waals surface area contributed by atoms with E-state index in [1.54, 1.807) is 0 Å². The monoisotopic (exact) mass is 666 g/mol. The lowest BCUT2D eigenvalue weighted by Gasteiger charge is -2.25. The average Bonchev–Trinajstić information content (AvgIpc) is 3.35. The van der Waals surface area contributed by atoms with Crippen LogP contribution in [-0.2, 0) is 5.41 Å². The third-order valence-corrected chi connectivity index (χ3v) is 10.8. The highest BCUT2D eigenvalue weighted by atomic mass is 16.5. The minimum absolute atomic E-state index is 0.201. The van der Waals surface area contributed by atoms with E-state index in [-0.39, 0.29) is 5.41 Å². The molecule has 10 rings (SSSR count). The van der Waals surface area contributed by atoms with E-state index in [4.69, 9.17) is 14.7 Å². The van der Waals surface area contributed by atoms with Crippen molar-refractivity contribution >= 4 is 0 Å². The highest BCUT2D eigenvalue weighted by Gasteiger charge is 2.40. The maximum atomic E-state index is 7.12. The maximum absolute atomic E-state index is 7.12. The summed E-state index contributed by atoms with van der Waals surface area (Å²) < 4.78 is 7.12. The molecule has 0 amide bonds. The van der Waals surface area contributed by atoms with E-state index < -0.39 is 0 Å². The van der Waals surface area contributed by atoms with Crippen molar-refractivity contribution < 1.29 is 4.74 Å². The molecule has 3 heteroatoms. The summed E-state index contributed by atoms with van der Waals surface area (Å²) in [5, 5.41) is 0.